The van der Waals surface area contributed by atoms with Crippen LogP contribution in [0.15, 0.2) is 12.1 Å². The van der Waals surface area contributed by atoms with E-state index < -0.39 is 6.10 Å². The summed E-state index contributed by atoms with van der Waals surface area (Å²) in [5, 5.41) is 9.69. The molecule has 0 heterocycles. The molecule has 0 aliphatic rings. The molecule has 0 fully saturated rings. The predicted molar refractivity (Wildman–Crippen MR) is 82.2 cm³/mol. The van der Waals surface area contributed by atoms with Crippen LogP contribution in [0, 0.1) is 0 Å². The van der Waals surface area contributed by atoms with Gasteiger partial charge in [0.2, 0.25) is 0 Å². The highest BCUT2D eigenvalue weighted by Crippen LogP contribution is 2.31. The second kappa shape index (κ2) is 7.88. The number of ether oxygens (including phenoxy) is 2. The molecule has 0 aliphatic heterocycles. The zero-order valence-corrected chi connectivity index (χ0v) is 13.5. The first-order chi connectivity index (χ1) is 9.98. The van der Waals surface area contributed by atoms with Crippen LogP contribution in [0.25, 0.3) is 0 Å². The Morgan fingerprint density at radius 1 is 1.24 bits per heavy atom. The molecule has 1 amide bonds. The summed E-state index contributed by atoms with van der Waals surface area (Å²) in [6, 6.07) is 3.48. The van der Waals surface area contributed by atoms with E-state index in [1.54, 1.807) is 31.1 Å². The standard InChI is InChI=1S/C16H25NO4/c1-6-17(7-2)16(19)15-12(8-11(3)18)9-13(20-4)10-14(15)21-5/h9-11,18H,6-8H2,1-5H3. The molecule has 0 radical (unpaired) electrons. The van der Waals surface area contributed by atoms with Crippen molar-refractivity contribution in [3.05, 3.63) is 23.3 Å². The van der Waals surface area contributed by atoms with Crippen molar-refractivity contribution in [1.82, 2.24) is 4.90 Å². The molecule has 1 aromatic rings. The van der Waals surface area contributed by atoms with E-state index in [1.807, 2.05) is 13.8 Å². The fourth-order valence-corrected chi connectivity index (χ4v) is 2.31. The highest BCUT2D eigenvalue weighted by atomic mass is 16.5. The maximum Gasteiger partial charge on any atom is 0.257 e. The maximum atomic E-state index is 12.7. The molecule has 1 N–H and O–H groups in total. The van der Waals surface area contributed by atoms with Crippen molar-refractivity contribution in [2.45, 2.75) is 33.3 Å². The lowest BCUT2D eigenvalue weighted by Gasteiger charge is -2.23. The van der Waals surface area contributed by atoms with Crippen LogP contribution in [0.3, 0.4) is 0 Å². The van der Waals surface area contributed by atoms with Gasteiger partial charge in [0, 0.05) is 19.2 Å². The number of nitrogens with zero attached hydrogens (tertiary/aromatic N) is 1. The topological polar surface area (TPSA) is 59.0 Å². The smallest absolute Gasteiger partial charge is 0.257 e. The van der Waals surface area contributed by atoms with Crippen LogP contribution in [0.1, 0.15) is 36.7 Å². The van der Waals surface area contributed by atoms with Crippen LogP contribution in [0.4, 0.5) is 0 Å². The average Bonchev–Trinajstić information content (AvgIpc) is 2.46. The minimum atomic E-state index is -0.551. The van der Waals surface area contributed by atoms with E-state index in [2.05, 4.69) is 0 Å². The Hall–Kier alpha value is -1.75. The monoisotopic (exact) mass is 295 g/mol. The third-order valence-electron chi connectivity index (χ3n) is 3.39. The first-order valence-corrected chi connectivity index (χ1v) is 7.20. The van der Waals surface area contributed by atoms with Crippen molar-refractivity contribution in [3.63, 3.8) is 0 Å². The Morgan fingerprint density at radius 2 is 1.86 bits per heavy atom. The number of amides is 1. The lowest BCUT2D eigenvalue weighted by Crippen LogP contribution is -2.32. The normalized spacial score (nSPS) is 11.9. The van der Waals surface area contributed by atoms with Gasteiger partial charge in [-0.2, -0.15) is 0 Å². The SMILES string of the molecule is CCN(CC)C(=O)c1c(CC(C)O)cc(OC)cc1OC. The molecular weight excluding hydrogens is 270 g/mol. The predicted octanol–water partition coefficient (Wildman–Crippen LogP) is 2.11. The van der Waals surface area contributed by atoms with E-state index in [1.165, 1.54) is 7.11 Å². The highest BCUT2D eigenvalue weighted by Gasteiger charge is 2.23. The molecule has 21 heavy (non-hydrogen) atoms. The molecule has 0 aliphatic carbocycles. The second-order valence-electron chi connectivity index (χ2n) is 4.89. The van der Waals surface area contributed by atoms with Crippen LogP contribution < -0.4 is 9.47 Å². The molecule has 5 heteroatoms. The third-order valence-corrected chi connectivity index (χ3v) is 3.39. The van der Waals surface area contributed by atoms with E-state index in [0.717, 1.165) is 5.56 Å². The van der Waals surface area contributed by atoms with Gasteiger partial charge in [0.1, 0.15) is 11.5 Å². The first kappa shape index (κ1) is 17.3. The number of hydrogen-bond donors (Lipinski definition) is 1. The minimum Gasteiger partial charge on any atom is -0.497 e. The maximum absolute atomic E-state index is 12.7. The van der Waals surface area contributed by atoms with E-state index in [0.29, 0.717) is 36.6 Å². The summed E-state index contributed by atoms with van der Waals surface area (Å²) >= 11 is 0. The highest BCUT2D eigenvalue weighted by molar-refractivity contribution is 5.98. The van der Waals surface area contributed by atoms with Crippen LogP contribution in [0.5, 0.6) is 11.5 Å². The fourth-order valence-electron chi connectivity index (χ4n) is 2.31. The lowest BCUT2D eigenvalue weighted by atomic mass is 9.99. The molecule has 0 saturated heterocycles. The van der Waals surface area contributed by atoms with Gasteiger partial charge < -0.3 is 19.5 Å². The van der Waals surface area contributed by atoms with Gasteiger partial charge in [0.15, 0.2) is 0 Å². The van der Waals surface area contributed by atoms with Gasteiger partial charge in [0.05, 0.1) is 25.9 Å². The van der Waals surface area contributed by atoms with Crippen LogP contribution in [-0.2, 0) is 6.42 Å². The zero-order chi connectivity index (χ0) is 16.0. The third kappa shape index (κ3) is 4.11. The van der Waals surface area contributed by atoms with E-state index in [4.69, 9.17) is 9.47 Å². The van der Waals surface area contributed by atoms with Crippen LogP contribution in [-0.4, -0.2) is 49.3 Å². The number of aliphatic hydroxyl groups excluding tert-OH is 1. The van der Waals surface area contributed by atoms with Crippen molar-refractivity contribution in [3.8, 4) is 11.5 Å². The average molecular weight is 295 g/mol. The van der Waals surface area contributed by atoms with Crippen molar-refractivity contribution < 1.29 is 19.4 Å². The van der Waals surface area contributed by atoms with E-state index in [-0.39, 0.29) is 5.91 Å². The number of benzene rings is 1. The fraction of sp³-hybridized carbons (Fsp3) is 0.562. The van der Waals surface area contributed by atoms with Gasteiger partial charge in [-0.1, -0.05) is 0 Å². The summed E-state index contributed by atoms with van der Waals surface area (Å²) in [6.45, 7) is 6.81. The number of rotatable bonds is 7. The molecule has 118 valence electrons. The summed E-state index contributed by atoms with van der Waals surface area (Å²) in [5.74, 6) is 0.996. The molecule has 5 nitrogen and oxygen atoms in total. The van der Waals surface area contributed by atoms with Gasteiger partial charge in [-0.05, 0) is 38.8 Å². The Balaban J connectivity index is 3.40. The van der Waals surface area contributed by atoms with Crippen molar-refractivity contribution in [2.75, 3.05) is 27.3 Å². The zero-order valence-electron chi connectivity index (χ0n) is 13.5. The Kier molecular flexibility index (Phi) is 6.49. The summed E-state index contributed by atoms with van der Waals surface area (Å²) < 4.78 is 10.6. The molecule has 1 unspecified atom stereocenters. The minimum absolute atomic E-state index is 0.0878. The van der Waals surface area contributed by atoms with E-state index in [9.17, 15) is 9.90 Å². The van der Waals surface area contributed by atoms with Gasteiger partial charge in [0.25, 0.3) is 5.91 Å². The summed E-state index contributed by atoms with van der Waals surface area (Å²) in [4.78, 5) is 14.4. The van der Waals surface area contributed by atoms with E-state index >= 15 is 0 Å². The quantitative estimate of drug-likeness (QED) is 0.837. The summed E-state index contributed by atoms with van der Waals surface area (Å²) in [7, 11) is 3.09. The number of hydrogen-bond acceptors (Lipinski definition) is 4. The molecular formula is C16H25NO4. The van der Waals surface area contributed by atoms with Crippen molar-refractivity contribution in [2.24, 2.45) is 0 Å². The van der Waals surface area contributed by atoms with Crippen molar-refractivity contribution >= 4 is 5.91 Å². The Labute approximate surface area is 126 Å². The molecule has 0 bridgehead atoms. The second-order valence-corrected chi connectivity index (χ2v) is 4.89. The molecule has 0 saturated carbocycles. The largest absolute Gasteiger partial charge is 0.497 e. The number of methoxy groups -OCH3 is 2. The Morgan fingerprint density at radius 3 is 2.29 bits per heavy atom. The Bertz CT molecular complexity index is 481. The first-order valence-electron chi connectivity index (χ1n) is 7.20. The lowest BCUT2D eigenvalue weighted by molar-refractivity contribution is 0.0767. The van der Waals surface area contributed by atoms with Crippen molar-refractivity contribution in [1.29, 1.82) is 0 Å². The number of carbonyl (C=O) groups excluding carboxylic acids is 1. The van der Waals surface area contributed by atoms with Crippen LogP contribution in [0.2, 0.25) is 0 Å². The van der Waals surface area contributed by atoms with Gasteiger partial charge in [-0.15, -0.1) is 0 Å². The summed E-state index contributed by atoms with van der Waals surface area (Å²) in [5.41, 5.74) is 1.24. The van der Waals surface area contributed by atoms with Gasteiger partial charge >= 0.3 is 0 Å². The summed E-state index contributed by atoms with van der Waals surface area (Å²) in [6.07, 6.45) is -0.180. The molecule has 1 atom stereocenters. The molecule has 0 aromatic heterocycles. The number of aliphatic hydroxyl groups is 1. The molecule has 0 spiro atoms. The number of carbonyl (C=O) groups is 1. The van der Waals surface area contributed by atoms with Crippen LogP contribution >= 0.6 is 0 Å². The molecule has 1 rings (SSSR count). The van der Waals surface area contributed by atoms with Gasteiger partial charge in [-0.3, -0.25) is 4.79 Å². The van der Waals surface area contributed by atoms with Gasteiger partial charge in [-0.25, -0.2) is 0 Å². The molecule has 1 aromatic carbocycles.